The van der Waals surface area contributed by atoms with E-state index in [1.165, 1.54) is 27.7 Å². The number of carbonyl (C=O) groups excluding carboxylic acids is 1. The molecule has 2 heterocycles. The van der Waals surface area contributed by atoms with Crippen LogP contribution in [0.2, 0.25) is 0 Å². The number of fused-ring (bicyclic) bond motifs is 1. The number of thioether (sulfide) groups is 1. The molecule has 5 nitrogen and oxygen atoms in total. The number of nitrogens with zero attached hydrogens (tertiary/aromatic N) is 3. The maximum Gasteiger partial charge on any atom is 0.266 e. The van der Waals surface area contributed by atoms with Crippen LogP contribution in [0.3, 0.4) is 0 Å². The number of hydrogen-bond donors (Lipinski definition) is 0. The van der Waals surface area contributed by atoms with Gasteiger partial charge in [-0.3, -0.25) is 14.2 Å². The van der Waals surface area contributed by atoms with Crippen molar-refractivity contribution in [2.45, 2.75) is 12.1 Å². The molecule has 0 N–H and O–H groups in total. The number of nitriles is 1. The summed E-state index contributed by atoms with van der Waals surface area (Å²) in [5.74, 6) is 0.183. The molecule has 2 aromatic carbocycles. The van der Waals surface area contributed by atoms with E-state index in [-0.39, 0.29) is 17.1 Å². The Bertz CT molecular complexity index is 1310. The highest BCUT2D eigenvalue weighted by Gasteiger charge is 2.16. The molecule has 0 aliphatic carbocycles. The first-order valence-electron chi connectivity index (χ1n) is 8.81. The third-order valence-corrected chi connectivity index (χ3v) is 6.33. The summed E-state index contributed by atoms with van der Waals surface area (Å²) in [4.78, 5) is 32.1. The standard InChI is InChI=1S/C22H15N3O2S2/c1-14-6-11-20(29-14)19(26)13-28-22-24-18-5-3-2-4-17(18)21(27)25(22)16-9-7-15(12-23)8-10-16/h2-11H,13H2,1H3. The van der Waals surface area contributed by atoms with Crippen LogP contribution < -0.4 is 5.56 Å². The molecule has 29 heavy (non-hydrogen) atoms. The molecule has 4 rings (SSSR count). The Balaban J connectivity index is 1.77. The first-order valence-corrected chi connectivity index (χ1v) is 10.6. The second-order valence-electron chi connectivity index (χ2n) is 6.33. The van der Waals surface area contributed by atoms with Crippen LogP contribution in [0.15, 0.2) is 70.6 Å². The Kier molecular flexibility index (Phi) is 5.30. The average molecular weight is 418 g/mol. The summed E-state index contributed by atoms with van der Waals surface area (Å²) in [5.41, 5.74) is 1.49. The molecule has 4 aromatic rings. The minimum absolute atomic E-state index is 0.00175. The van der Waals surface area contributed by atoms with Crippen LogP contribution in [0.4, 0.5) is 0 Å². The minimum atomic E-state index is -0.206. The number of aryl methyl sites for hydroxylation is 1. The van der Waals surface area contributed by atoms with E-state index < -0.39 is 0 Å². The second-order valence-corrected chi connectivity index (χ2v) is 8.56. The molecule has 0 saturated carbocycles. The Morgan fingerprint density at radius 3 is 2.59 bits per heavy atom. The predicted octanol–water partition coefficient (Wildman–Crippen LogP) is 4.60. The van der Waals surface area contributed by atoms with E-state index >= 15 is 0 Å². The number of rotatable bonds is 5. The molecular weight excluding hydrogens is 402 g/mol. The molecule has 0 amide bonds. The van der Waals surface area contributed by atoms with Gasteiger partial charge < -0.3 is 0 Å². The molecule has 0 aliphatic rings. The topological polar surface area (TPSA) is 75.8 Å². The van der Waals surface area contributed by atoms with Gasteiger partial charge >= 0.3 is 0 Å². The molecule has 0 aliphatic heterocycles. The zero-order chi connectivity index (χ0) is 20.4. The summed E-state index contributed by atoms with van der Waals surface area (Å²) < 4.78 is 1.50. The van der Waals surface area contributed by atoms with Crippen LogP contribution in [-0.2, 0) is 0 Å². The zero-order valence-electron chi connectivity index (χ0n) is 15.5. The van der Waals surface area contributed by atoms with Crippen molar-refractivity contribution in [2.24, 2.45) is 0 Å². The van der Waals surface area contributed by atoms with Crippen LogP contribution in [-0.4, -0.2) is 21.1 Å². The average Bonchev–Trinajstić information content (AvgIpc) is 3.19. The first kappa shape index (κ1) is 19.1. The van der Waals surface area contributed by atoms with Gasteiger partial charge in [-0.2, -0.15) is 5.26 Å². The van der Waals surface area contributed by atoms with Gasteiger partial charge in [0, 0.05) is 4.88 Å². The van der Waals surface area contributed by atoms with E-state index in [0.717, 1.165) is 4.88 Å². The summed E-state index contributed by atoms with van der Waals surface area (Å²) in [7, 11) is 0. The van der Waals surface area contributed by atoms with Crippen molar-refractivity contribution in [1.82, 2.24) is 9.55 Å². The predicted molar refractivity (Wildman–Crippen MR) is 116 cm³/mol. The van der Waals surface area contributed by atoms with E-state index in [4.69, 9.17) is 5.26 Å². The number of Topliss-reactive ketones (excluding diaryl/α,β-unsaturated/α-hetero) is 1. The Labute approximate surface area is 175 Å². The fourth-order valence-electron chi connectivity index (χ4n) is 2.91. The molecular formula is C22H15N3O2S2. The highest BCUT2D eigenvalue weighted by atomic mass is 32.2. The van der Waals surface area contributed by atoms with Gasteiger partial charge in [0.25, 0.3) is 5.56 Å². The summed E-state index contributed by atoms with van der Waals surface area (Å²) in [6.07, 6.45) is 0. The highest BCUT2D eigenvalue weighted by Crippen LogP contribution is 2.24. The van der Waals surface area contributed by atoms with E-state index in [1.807, 2.05) is 25.1 Å². The van der Waals surface area contributed by atoms with Crippen LogP contribution >= 0.6 is 23.1 Å². The Hall–Kier alpha value is -3.21. The lowest BCUT2D eigenvalue weighted by Crippen LogP contribution is -2.22. The van der Waals surface area contributed by atoms with Crippen LogP contribution in [0.1, 0.15) is 20.1 Å². The second kappa shape index (κ2) is 8.03. The normalized spacial score (nSPS) is 10.8. The smallest absolute Gasteiger partial charge is 0.266 e. The van der Waals surface area contributed by atoms with Crippen LogP contribution in [0, 0.1) is 18.3 Å². The van der Waals surface area contributed by atoms with Crippen molar-refractivity contribution < 1.29 is 4.79 Å². The number of thiophene rings is 1. The van der Waals surface area contributed by atoms with Crippen molar-refractivity contribution in [1.29, 1.82) is 5.26 Å². The van der Waals surface area contributed by atoms with Gasteiger partial charge in [0.1, 0.15) is 0 Å². The van der Waals surface area contributed by atoms with Gasteiger partial charge in [0.15, 0.2) is 10.9 Å². The number of benzene rings is 2. The van der Waals surface area contributed by atoms with E-state index in [2.05, 4.69) is 11.1 Å². The Morgan fingerprint density at radius 1 is 1.14 bits per heavy atom. The number of hydrogen-bond acceptors (Lipinski definition) is 6. The number of para-hydroxylation sites is 1. The first-order chi connectivity index (χ1) is 14.1. The molecule has 0 radical (unpaired) electrons. The monoisotopic (exact) mass is 417 g/mol. The van der Waals surface area contributed by atoms with Crippen molar-refractivity contribution >= 4 is 39.8 Å². The number of ketones is 1. The molecule has 0 saturated heterocycles. The summed E-state index contributed by atoms with van der Waals surface area (Å²) >= 11 is 2.70. The van der Waals surface area contributed by atoms with Gasteiger partial charge in [0.05, 0.1) is 38.9 Å². The summed E-state index contributed by atoms with van der Waals surface area (Å²) in [6.45, 7) is 1.96. The van der Waals surface area contributed by atoms with Gasteiger partial charge in [-0.25, -0.2) is 4.98 Å². The molecule has 0 atom stereocenters. The van der Waals surface area contributed by atoms with E-state index in [0.29, 0.717) is 32.2 Å². The minimum Gasteiger partial charge on any atom is -0.292 e. The maximum atomic E-state index is 13.2. The molecule has 7 heteroatoms. The zero-order valence-corrected chi connectivity index (χ0v) is 17.1. The van der Waals surface area contributed by atoms with Crippen LogP contribution in [0.5, 0.6) is 0 Å². The lowest BCUT2D eigenvalue weighted by atomic mass is 10.2. The maximum absolute atomic E-state index is 13.2. The molecule has 0 unspecified atom stereocenters. The van der Waals surface area contributed by atoms with Gasteiger partial charge in [-0.15, -0.1) is 11.3 Å². The molecule has 2 aromatic heterocycles. The fraction of sp³-hybridized carbons (Fsp3) is 0.0909. The molecule has 0 fully saturated rings. The molecule has 0 bridgehead atoms. The highest BCUT2D eigenvalue weighted by molar-refractivity contribution is 7.99. The summed E-state index contributed by atoms with van der Waals surface area (Å²) in [6, 6.07) is 19.7. The van der Waals surface area contributed by atoms with Crippen molar-refractivity contribution in [2.75, 3.05) is 5.75 Å². The van der Waals surface area contributed by atoms with Crippen molar-refractivity contribution in [3.63, 3.8) is 0 Å². The third kappa shape index (κ3) is 3.86. The lowest BCUT2D eigenvalue weighted by molar-refractivity contribution is 0.102. The largest absolute Gasteiger partial charge is 0.292 e. The van der Waals surface area contributed by atoms with Crippen molar-refractivity contribution in [3.05, 3.63) is 86.3 Å². The van der Waals surface area contributed by atoms with Crippen molar-refractivity contribution in [3.8, 4) is 11.8 Å². The lowest BCUT2D eigenvalue weighted by Gasteiger charge is -2.13. The molecule has 0 spiro atoms. The SMILES string of the molecule is Cc1ccc(C(=O)CSc2nc3ccccc3c(=O)n2-c2ccc(C#N)cc2)s1. The third-order valence-electron chi connectivity index (χ3n) is 4.35. The fourth-order valence-corrected chi connectivity index (χ4v) is 4.70. The summed E-state index contributed by atoms with van der Waals surface area (Å²) in [5, 5.41) is 9.98. The van der Waals surface area contributed by atoms with Crippen LogP contribution in [0.25, 0.3) is 16.6 Å². The Morgan fingerprint density at radius 2 is 1.90 bits per heavy atom. The number of aromatic nitrogens is 2. The van der Waals surface area contributed by atoms with Gasteiger partial charge in [-0.05, 0) is 55.5 Å². The van der Waals surface area contributed by atoms with Gasteiger partial charge in [-0.1, -0.05) is 23.9 Å². The quantitative estimate of drug-likeness (QED) is 0.269. The number of carbonyl (C=O) groups is 1. The molecule has 142 valence electrons. The van der Waals surface area contributed by atoms with Gasteiger partial charge in [0.2, 0.25) is 0 Å². The van der Waals surface area contributed by atoms with E-state index in [1.54, 1.807) is 42.5 Å². The van der Waals surface area contributed by atoms with E-state index in [9.17, 15) is 9.59 Å².